The minimum absolute atomic E-state index is 0.0685. The van der Waals surface area contributed by atoms with Crippen LogP contribution in [0.5, 0.6) is 0 Å². The van der Waals surface area contributed by atoms with Crippen LogP contribution < -0.4 is 4.90 Å². The first-order valence-electron chi connectivity index (χ1n) is 9.10. The Bertz CT molecular complexity index is 966. The molecular weight excluding hydrogens is 376 g/mol. The molecule has 1 aromatic carbocycles. The van der Waals surface area contributed by atoms with Crippen LogP contribution in [-0.4, -0.2) is 46.5 Å². The van der Waals surface area contributed by atoms with Crippen molar-refractivity contribution in [2.45, 2.75) is 19.8 Å². The topological polar surface area (TPSA) is 79.5 Å². The predicted octanol–water partition coefficient (Wildman–Crippen LogP) is 2.91. The lowest BCUT2D eigenvalue weighted by Crippen LogP contribution is -2.52. The summed E-state index contributed by atoms with van der Waals surface area (Å²) in [6.07, 6.45) is 0.603. The Morgan fingerprint density at radius 3 is 2.75 bits per heavy atom. The zero-order chi connectivity index (χ0) is 19.5. The summed E-state index contributed by atoms with van der Waals surface area (Å²) in [6, 6.07) is 9.75. The molecule has 2 aromatic heterocycles. The number of hydrogen-bond donors (Lipinski definition) is 0. The second-order valence-corrected chi connectivity index (χ2v) is 7.50. The molecule has 1 aliphatic rings. The fourth-order valence-corrected chi connectivity index (χ4v) is 3.76. The van der Waals surface area contributed by atoms with Gasteiger partial charge in [0.05, 0.1) is 0 Å². The lowest BCUT2D eigenvalue weighted by molar-refractivity contribution is -0.136. The van der Waals surface area contributed by atoms with Crippen molar-refractivity contribution in [2.24, 2.45) is 0 Å². The number of aromatic nitrogens is 2. The number of carbonyl (C=O) groups is 2. The number of carbonyl (C=O) groups excluding carboxylic acids is 2. The molecule has 2 amide bonds. The molecular formula is C20H20N4O3S. The van der Waals surface area contributed by atoms with Crippen molar-refractivity contribution in [1.82, 2.24) is 15.0 Å². The maximum absolute atomic E-state index is 12.5. The first-order chi connectivity index (χ1) is 13.6. The van der Waals surface area contributed by atoms with E-state index in [-0.39, 0.29) is 24.8 Å². The Hall–Kier alpha value is -3.00. The Morgan fingerprint density at radius 2 is 2.04 bits per heavy atom. The second-order valence-electron chi connectivity index (χ2n) is 6.72. The third-order valence-corrected chi connectivity index (χ3v) is 5.40. The van der Waals surface area contributed by atoms with Gasteiger partial charge in [-0.05, 0) is 30.5 Å². The van der Waals surface area contributed by atoms with Crippen molar-refractivity contribution in [3.05, 3.63) is 52.5 Å². The van der Waals surface area contributed by atoms with E-state index in [1.807, 2.05) is 48.0 Å². The monoisotopic (exact) mass is 396 g/mol. The summed E-state index contributed by atoms with van der Waals surface area (Å²) in [5, 5.41) is 7.84. The summed E-state index contributed by atoms with van der Waals surface area (Å²) in [5.74, 6) is 0.818. The Kier molecular flexibility index (Phi) is 5.21. The largest absolute Gasteiger partial charge is 0.339 e. The fourth-order valence-electron chi connectivity index (χ4n) is 3.12. The van der Waals surface area contributed by atoms with Gasteiger partial charge in [0.1, 0.15) is 6.54 Å². The molecule has 0 bridgehead atoms. The van der Waals surface area contributed by atoms with Crippen molar-refractivity contribution in [3.8, 4) is 11.4 Å². The summed E-state index contributed by atoms with van der Waals surface area (Å²) in [5.41, 5.74) is 2.92. The van der Waals surface area contributed by atoms with Crippen LogP contribution in [0.3, 0.4) is 0 Å². The van der Waals surface area contributed by atoms with Crippen molar-refractivity contribution in [2.75, 3.05) is 24.5 Å². The average Bonchev–Trinajstić information content (AvgIpc) is 3.38. The summed E-state index contributed by atoms with van der Waals surface area (Å²) >= 11 is 1.56. The third kappa shape index (κ3) is 3.96. The van der Waals surface area contributed by atoms with Gasteiger partial charge in [-0.15, -0.1) is 0 Å². The summed E-state index contributed by atoms with van der Waals surface area (Å²) in [7, 11) is 0. The van der Waals surface area contributed by atoms with Gasteiger partial charge in [0.25, 0.3) is 0 Å². The van der Waals surface area contributed by atoms with Gasteiger partial charge < -0.3 is 14.3 Å². The molecule has 1 saturated heterocycles. The number of thiophene rings is 1. The minimum Gasteiger partial charge on any atom is -0.339 e. The van der Waals surface area contributed by atoms with Gasteiger partial charge in [-0.1, -0.05) is 22.9 Å². The Labute approximate surface area is 166 Å². The number of amides is 2. The van der Waals surface area contributed by atoms with Crippen LogP contribution in [0.15, 0.2) is 45.6 Å². The molecule has 8 heteroatoms. The molecule has 0 aliphatic carbocycles. The van der Waals surface area contributed by atoms with E-state index in [0.717, 1.165) is 16.8 Å². The molecule has 0 unspecified atom stereocenters. The van der Waals surface area contributed by atoms with Gasteiger partial charge in [-0.25, -0.2) is 0 Å². The third-order valence-electron chi connectivity index (χ3n) is 4.72. The van der Waals surface area contributed by atoms with E-state index >= 15 is 0 Å². The van der Waals surface area contributed by atoms with Gasteiger partial charge in [0, 0.05) is 42.6 Å². The van der Waals surface area contributed by atoms with Gasteiger partial charge in [0.15, 0.2) is 0 Å². The van der Waals surface area contributed by atoms with E-state index in [4.69, 9.17) is 4.52 Å². The van der Waals surface area contributed by atoms with E-state index < -0.39 is 0 Å². The molecule has 0 spiro atoms. The lowest BCUT2D eigenvalue weighted by atomic mass is 10.2. The molecule has 0 atom stereocenters. The number of piperazine rings is 1. The first kappa shape index (κ1) is 18.4. The fraction of sp³-hybridized carbons (Fsp3) is 0.300. The van der Waals surface area contributed by atoms with Crippen molar-refractivity contribution in [3.63, 3.8) is 0 Å². The van der Waals surface area contributed by atoms with Crippen LogP contribution >= 0.6 is 11.3 Å². The smallest absolute Gasteiger partial charge is 0.246 e. The molecule has 28 heavy (non-hydrogen) atoms. The highest BCUT2D eigenvalue weighted by molar-refractivity contribution is 7.08. The molecule has 3 heterocycles. The van der Waals surface area contributed by atoms with Crippen LogP contribution in [0.1, 0.15) is 17.9 Å². The highest BCUT2D eigenvalue weighted by atomic mass is 32.1. The molecule has 144 valence electrons. The molecule has 4 rings (SSSR count). The normalized spacial score (nSPS) is 14.5. The number of anilines is 1. The number of rotatable bonds is 5. The van der Waals surface area contributed by atoms with E-state index in [0.29, 0.717) is 31.2 Å². The number of nitrogens with zero attached hydrogens (tertiary/aromatic N) is 4. The molecule has 0 radical (unpaired) electrons. The minimum atomic E-state index is -0.0767. The molecule has 1 aliphatic heterocycles. The lowest BCUT2D eigenvalue weighted by Gasteiger charge is -2.34. The molecule has 0 saturated carbocycles. The zero-order valence-corrected chi connectivity index (χ0v) is 16.3. The zero-order valence-electron chi connectivity index (χ0n) is 15.5. The standard InChI is InChI=1S/C20H20N4O3S/c1-14-2-4-16(5-3-14)24-10-9-23(12-19(24)26)18(25)7-6-17-21-20(22-27-17)15-8-11-28-13-15/h2-5,8,11,13H,6-7,9-10,12H2,1H3. The van der Waals surface area contributed by atoms with E-state index in [1.165, 1.54) is 0 Å². The van der Waals surface area contributed by atoms with E-state index in [9.17, 15) is 9.59 Å². The number of benzene rings is 1. The highest BCUT2D eigenvalue weighted by Gasteiger charge is 2.28. The van der Waals surface area contributed by atoms with Crippen LogP contribution in [0.2, 0.25) is 0 Å². The maximum atomic E-state index is 12.5. The van der Waals surface area contributed by atoms with E-state index in [2.05, 4.69) is 10.1 Å². The molecule has 7 nitrogen and oxygen atoms in total. The van der Waals surface area contributed by atoms with Crippen LogP contribution in [0.4, 0.5) is 5.69 Å². The van der Waals surface area contributed by atoms with Crippen LogP contribution in [-0.2, 0) is 16.0 Å². The van der Waals surface area contributed by atoms with E-state index in [1.54, 1.807) is 21.1 Å². The number of hydrogen-bond acceptors (Lipinski definition) is 6. The summed E-state index contributed by atoms with van der Waals surface area (Å²) < 4.78 is 5.23. The highest BCUT2D eigenvalue weighted by Crippen LogP contribution is 2.20. The summed E-state index contributed by atoms with van der Waals surface area (Å²) in [4.78, 5) is 32.7. The molecule has 3 aromatic rings. The summed E-state index contributed by atoms with van der Waals surface area (Å²) in [6.45, 7) is 3.12. The van der Waals surface area contributed by atoms with Crippen LogP contribution in [0.25, 0.3) is 11.4 Å². The molecule has 0 N–H and O–H groups in total. The van der Waals surface area contributed by atoms with Gasteiger partial charge in [-0.3, -0.25) is 9.59 Å². The SMILES string of the molecule is Cc1ccc(N2CCN(C(=O)CCc3nc(-c4ccsc4)no3)CC2=O)cc1. The van der Waals surface area contributed by atoms with Crippen molar-refractivity contribution in [1.29, 1.82) is 0 Å². The van der Waals surface area contributed by atoms with Gasteiger partial charge in [0.2, 0.25) is 23.5 Å². The predicted molar refractivity (Wildman–Crippen MR) is 106 cm³/mol. The quantitative estimate of drug-likeness (QED) is 0.663. The Balaban J connectivity index is 1.31. The number of aryl methyl sites for hydroxylation is 2. The first-order valence-corrected chi connectivity index (χ1v) is 10.0. The van der Waals surface area contributed by atoms with Gasteiger partial charge >= 0.3 is 0 Å². The van der Waals surface area contributed by atoms with Crippen molar-refractivity contribution < 1.29 is 14.1 Å². The van der Waals surface area contributed by atoms with Crippen molar-refractivity contribution >= 4 is 28.8 Å². The Morgan fingerprint density at radius 1 is 1.21 bits per heavy atom. The second kappa shape index (κ2) is 7.93. The molecule has 1 fully saturated rings. The average molecular weight is 396 g/mol. The van der Waals surface area contributed by atoms with Gasteiger partial charge in [-0.2, -0.15) is 16.3 Å². The maximum Gasteiger partial charge on any atom is 0.246 e. The van der Waals surface area contributed by atoms with Crippen LogP contribution in [0, 0.1) is 6.92 Å².